The van der Waals surface area contributed by atoms with Gasteiger partial charge < -0.3 is 24.0 Å². The first-order chi connectivity index (χ1) is 18.2. The molecule has 0 radical (unpaired) electrons. The first-order valence-corrected chi connectivity index (χ1v) is 11.9. The molecule has 12 heteroatoms. The van der Waals surface area contributed by atoms with E-state index in [9.17, 15) is 10.1 Å². The highest BCUT2D eigenvalue weighted by atomic mass is 16.6. The van der Waals surface area contributed by atoms with Crippen molar-refractivity contribution in [3.8, 4) is 11.5 Å². The van der Waals surface area contributed by atoms with Crippen molar-refractivity contribution in [2.24, 2.45) is 5.10 Å². The maximum atomic E-state index is 11.3. The molecule has 0 bridgehead atoms. The third-order valence-corrected chi connectivity index (χ3v) is 5.12. The predicted octanol–water partition coefficient (Wildman–Crippen LogP) is 3.75. The number of hydrazone groups is 1. The van der Waals surface area contributed by atoms with Gasteiger partial charge in [-0.3, -0.25) is 15.5 Å². The van der Waals surface area contributed by atoms with Crippen LogP contribution in [-0.4, -0.2) is 75.7 Å². The molecular weight excluding hydrogens is 490 g/mol. The number of benzene rings is 2. The van der Waals surface area contributed by atoms with E-state index in [-0.39, 0.29) is 12.3 Å². The summed E-state index contributed by atoms with van der Waals surface area (Å²) >= 11 is 0. The monoisotopic (exact) mass is 523 g/mol. The van der Waals surface area contributed by atoms with Crippen molar-refractivity contribution in [3.05, 3.63) is 69.8 Å². The molecule has 0 unspecified atom stereocenters. The van der Waals surface area contributed by atoms with Gasteiger partial charge in [-0.05, 0) is 30.7 Å². The van der Waals surface area contributed by atoms with E-state index in [0.29, 0.717) is 48.7 Å². The molecule has 3 aromatic rings. The number of rotatable bonds is 14. The van der Waals surface area contributed by atoms with Gasteiger partial charge >= 0.3 is 0 Å². The quantitative estimate of drug-likeness (QED) is 0.144. The third kappa shape index (κ3) is 8.59. The molecule has 38 heavy (non-hydrogen) atoms. The number of nitrogens with zero attached hydrogens (tertiary/aromatic N) is 6. The molecule has 202 valence electrons. The van der Waals surface area contributed by atoms with Crippen molar-refractivity contribution in [2.45, 2.75) is 6.92 Å². The summed E-state index contributed by atoms with van der Waals surface area (Å²) in [4.78, 5) is 23.3. The molecule has 1 heterocycles. The summed E-state index contributed by atoms with van der Waals surface area (Å²) in [6.45, 7) is 3.40. The summed E-state index contributed by atoms with van der Waals surface area (Å²) in [6.07, 6.45) is 1.45. The van der Waals surface area contributed by atoms with Gasteiger partial charge in [-0.15, -0.1) is 0 Å². The number of hydrogen-bond donors (Lipinski definition) is 1. The van der Waals surface area contributed by atoms with Crippen molar-refractivity contribution in [2.75, 3.05) is 69.8 Å². The summed E-state index contributed by atoms with van der Waals surface area (Å²) in [7, 11) is 7.44. The average Bonchev–Trinajstić information content (AvgIpc) is 2.88. The van der Waals surface area contributed by atoms with E-state index in [1.54, 1.807) is 17.0 Å². The molecular formula is C26H33N7O5. The Hall–Kier alpha value is -4.45. The molecule has 0 spiro atoms. The van der Waals surface area contributed by atoms with Gasteiger partial charge in [0.25, 0.3) is 5.69 Å². The molecule has 0 aliphatic carbocycles. The van der Waals surface area contributed by atoms with Crippen molar-refractivity contribution in [1.29, 1.82) is 0 Å². The van der Waals surface area contributed by atoms with Crippen LogP contribution >= 0.6 is 0 Å². The fourth-order valence-electron chi connectivity index (χ4n) is 3.19. The van der Waals surface area contributed by atoms with Gasteiger partial charge in [0.15, 0.2) is 5.82 Å². The Kier molecular flexibility index (Phi) is 10.2. The van der Waals surface area contributed by atoms with Gasteiger partial charge in [0.2, 0.25) is 5.95 Å². The standard InChI is InChI=1S/C26H33N7O5/c1-19-7-6-8-22(15-19)37-13-11-36-12-14-38-23-10-9-21(33(34)35)16-20(23)18-27-30-24-17-25(31(2)3)29-26(28-24)32(4)5/h6-10,15-18H,11-14H2,1-5H3,(H,28,29,30)/b27-18-. The highest BCUT2D eigenvalue weighted by molar-refractivity contribution is 5.85. The Morgan fingerprint density at radius 3 is 2.42 bits per heavy atom. The molecule has 0 atom stereocenters. The van der Waals surface area contributed by atoms with E-state index in [4.69, 9.17) is 14.2 Å². The molecule has 3 rings (SSSR count). The van der Waals surface area contributed by atoms with E-state index in [2.05, 4.69) is 20.5 Å². The Morgan fingerprint density at radius 2 is 1.74 bits per heavy atom. The van der Waals surface area contributed by atoms with Gasteiger partial charge in [0, 0.05) is 52.0 Å². The van der Waals surface area contributed by atoms with Crippen LogP contribution in [0.5, 0.6) is 11.5 Å². The van der Waals surface area contributed by atoms with Crippen LogP contribution in [0, 0.1) is 17.0 Å². The highest BCUT2D eigenvalue weighted by Crippen LogP contribution is 2.23. The lowest BCUT2D eigenvalue weighted by molar-refractivity contribution is -0.384. The van der Waals surface area contributed by atoms with Crippen LogP contribution in [0.2, 0.25) is 0 Å². The van der Waals surface area contributed by atoms with Gasteiger partial charge in [0.05, 0.1) is 24.4 Å². The van der Waals surface area contributed by atoms with Crippen molar-refractivity contribution in [3.63, 3.8) is 0 Å². The SMILES string of the molecule is Cc1cccc(OCCOCCOc2ccc([N+](=O)[O-])cc2/C=N\Nc2cc(N(C)C)nc(N(C)C)n2)c1. The second-order valence-electron chi connectivity index (χ2n) is 8.68. The van der Waals surface area contributed by atoms with Crippen LogP contribution in [0.15, 0.2) is 53.6 Å². The lowest BCUT2D eigenvalue weighted by Crippen LogP contribution is -2.17. The zero-order chi connectivity index (χ0) is 27.5. The Balaban J connectivity index is 1.58. The molecule has 1 aromatic heterocycles. The minimum atomic E-state index is -0.469. The van der Waals surface area contributed by atoms with E-state index in [1.807, 2.05) is 64.3 Å². The largest absolute Gasteiger partial charge is 0.491 e. The van der Waals surface area contributed by atoms with Crippen molar-refractivity contribution in [1.82, 2.24) is 9.97 Å². The highest BCUT2D eigenvalue weighted by Gasteiger charge is 2.12. The summed E-state index contributed by atoms with van der Waals surface area (Å²) in [5.74, 6) is 2.91. The molecule has 12 nitrogen and oxygen atoms in total. The lowest BCUT2D eigenvalue weighted by atomic mass is 10.2. The van der Waals surface area contributed by atoms with E-state index >= 15 is 0 Å². The Morgan fingerprint density at radius 1 is 0.974 bits per heavy atom. The number of nitro benzene ring substituents is 1. The Bertz CT molecular complexity index is 1220. The minimum Gasteiger partial charge on any atom is -0.491 e. The molecule has 0 saturated carbocycles. The number of ether oxygens (including phenoxy) is 3. The number of nitrogens with one attached hydrogen (secondary N) is 1. The van der Waals surface area contributed by atoms with Crippen LogP contribution in [0.4, 0.5) is 23.3 Å². The lowest BCUT2D eigenvalue weighted by Gasteiger charge is -2.17. The van der Waals surface area contributed by atoms with Gasteiger partial charge in [0.1, 0.15) is 30.5 Å². The number of anilines is 3. The second-order valence-corrected chi connectivity index (χ2v) is 8.68. The number of hydrogen-bond acceptors (Lipinski definition) is 11. The van der Waals surface area contributed by atoms with E-state index in [1.165, 1.54) is 18.3 Å². The first-order valence-electron chi connectivity index (χ1n) is 11.9. The number of aromatic nitrogens is 2. The summed E-state index contributed by atoms with van der Waals surface area (Å²) in [5.41, 5.74) is 4.36. The zero-order valence-electron chi connectivity index (χ0n) is 22.2. The number of non-ortho nitro benzene ring substituents is 1. The molecule has 2 aromatic carbocycles. The molecule has 1 N–H and O–H groups in total. The maximum Gasteiger partial charge on any atom is 0.270 e. The summed E-state index contributed by atoms with van der Waals surface area (Å²) < 4.78 is 17.1. The fraction of sp³-hybridized carbons (Fsp3) is 0.346. The van der Waals surface area contributed by atoms with E-state index in [0.717, 1.165) is 11.3 Å². The van der Waals surface area contributed by atoms with Crippen LogP contribution < -0.4 is 24.7 Å². The first kappa shape index (κ1) is 28.1. The molecule has 0 aliphatic heterocycles. The van der Waals surface area contributed by atoms with Crippen LogP contribution in [0.1, 0.15) is 11.1 Å². The van der Waals surface area contributed by atoms with Gasteiger partial charge in [-0.25, -0.2) is 0 Å². The maximum absolute atomic E-state index is 11.3. The summed E-state index contributed by atoms with van der Waals surface area (Å²) in [6, 6.07) is 13.9. The van der Waals surface area contributed by atoms with Crippen LogP contribution in [-0.2, 0) is 4.74 Å². The number of aryl methyl sites for hydroxylation is 1. The van der Waals surface area contributed by atoms with Gasteiger partial charge in [-0.1, -0.05) is 12.1 Å². The minimum absolute atomic E-state index is 0.0739. The van der Waals surface area contributed by atoms with Crippen LogP contribution in [0.25, 0.3) is 0 Å². The van der Waals surface area contributed by atoms with Gasteiger partial charge in [-0.2, -0.15) is 15.1 Å². The average molecular weight is 524 g/mol. The summed E-state index contributed by atoms with van der Waals surface area (Å²) in [5, 5.41) is 15.5. The molecule has 0 fully saturated rings. The molecule has 0 aliphatic rings. The smallest absolute Gasteiger partial charge is 0.270 e. The third-order valence-electron chi connectivity index (χ3n) is 5.12. The molecule has 0 amide bonds. The zero-order valence-corrected chi connectivity index (χ0v) is 22.2. The topological polar surface area (TPSA) is 127 Å². The van der Waals surface area contributed by atoms with E-state index < -0.39 is 4.92 Å². The Labute approximate surface area is 222 Å². The predicted molar refractivity (Wildman–Crippen MR) is 148 cm³/mol. The van der Waals surface area contributed by atoms with Crippen molar-refractivity contribution < 1.29 is 19.1 Å². The van der Waals surface area contributed by atoms with Crippen LogP contribution in [0.3, 0.4) is 0 Å². The molecule has 0 saturated heterocycles. The normalized spacial score (nSPS) is 10.9. The number of nitro groups is 1. The fourth-order valence-corrected chi connectivity index (χ4v) is 3.19. The second kappa shape index (κ2) is 13.7. The van der Waals surface area contributed by atoms with Crippen molar-refractivity contribution >= 4 is 29.5 Å².